The number of thiazole rings is 1. The molecule has 0 spiro atoms. The summed E-state index contributed by atoms with van der Waals surface area (Å²) in [7, 11) is 0. The number of amides is 1. The summed E-state index contributed by atoms with van der Waals surface area (Å²) in [5, 5.41) is 6.74. The van der Waals surface area contributed by atoms with Gasteiger partial charge in [0.2, 0.25) is 5.91 Å². The molecule has 0 radical (unpaired) electrons. The van der Waals surface area contributed by atoms with Crippen molar-refractivity contribution in [2.24, 2.45) is 0 Å². The second kappa shape index (κ2) is 8.78. The minimum Gasteiger partial charge on any atom is -0.298 e. The standard InChI is InChI=1S/C23H16Cl2N2OS/c24-20-7-3-6-18(22(20)25)13-19-14-26-23(29-19)27-21(28)11-9-15-8-10-16-4-1-2-5-17(16)12-15/h1-12,14H,13H2,(H,26,27,28). The molecule has 1 N–H and O–H groups in total. The highest BCUT2D eigenvalue weighted by molar-refractivity contribution is 7.15. The van der Waals surface area contributed by atoms with Crippen LogP contribution in [0, 0.1) is 0 Å². The molecular weight excluding hydrogens is 423 g/mol. The fourth-order valence-corrected chi connectivity index (χ4v) is 4.18. The van der Waals surface area contributed by atoms with Gasteiger partial charge in [-0.25, -0.2) is 4.98 Å². The van der Waals surface area contributed by atoms with Crippen molar-refractivity contribution in [3.8, 4) is 0 Å². The van der Waals surface area contributed by atoms with Gasteiger partial charge in [-0.15, -0.1) is 11.3 Å². The SMILES string of the molecule is O=C(C=Cc1ccc2ccccc2c1)Nc1ncc(Cc2cccc(Cl)c2Cl)s1. The molecule has 0 unspecified atom stereocenters. The third-order valence-corrected chi connectivity index (χ3v) is 6.15. The Morgan fingerprint density at radius 3 is 2.72 bits per heavy atom. The molecule has 0 aliphatic carbocycles. The number of anilines is 1. The number of nitrogens with one attached hydrogen (secondary N) is 1. The van der Waals surface area contributed by atoms with E-state index in [1.54, 1.807) is 18.3 Å². The molecule has 3 nitrogen and oxygen atoms in total. The Hall–Kier alpha value is -2.66. The lowest BCUT2D eigenvalue weighted by molar-refractivity contribution is -0.111. The lowest BCUT2D eigenvalue weighted by Crippen LogP contribution is -2.07. The van der Waals surface area contributed by atoms with Crippen LogP contribution in [0.5, 0.6) is 0 Å². The van der Waals surface area contributed by atoms with E-state index in [0.717, 1.165) is 21.4 Å². The number of hydrogen-bond donors (Lipinski definition) is 1. The first-order chi connectivity index (χ1) is 14.1. The second-order valence-corrected chi connectivity index (χ2v) is 8.35. The number of fused-ring (bicyclic) bond motifs is 1. The minimum absolute atomic E-state index is 0.222. The van der Waals surface area contributed by atoms with Crippen molar-refractivity contribution in [1.29, 1.82) is 0 Å². The van der Waals surface area contributed by atoms with E-state index in [2.05, 4.69) is 28.5 Å². The normalized spacial score (nSPS) is 11.2. The van der Waals surface area contributed by atoms with Crippen LogP contribution in [0.25, 0.3) is 16.8 Å². The average molecular weight is 439 g/mol. The van der Waals surface area contributed by atoms with E-state index in [-0.39, 0.29) is 5.91 Å². The van der Waals surface area contributed by atoms with Crippen molar-refractivity contribution in [1.82, 2.24) is 4.98 Å². The van der Waals surface area contributed by atoms with Gasteiger partial charge in [0.05, 0.1) is 10.0 Å². The van der Waals surface area contributed by atoms with Crippen molar-refractivity contribution in [3.63, 3.8) is 0 Å². The van der Waals surface area contributed by atoms with Crippen molar-refractivity contribution >= 4 is 62.4 Å². The fourth-order valence-electron chi connectivity index (χ4n) is 2.95. The number of nitrogens with zero attached hydrogens (tertiary/aromatic N) is 1. The summed E-state index contributed by atoms with van der Waals surface area (Å²) >= 11 is 13.7. The minimum atomic E-state index is -0.222. The van der Waals surface area contributed by atoms with Crippen molar-refractivity contribution in [2.75, 3.05) is 5.32 Å². The van der Waals surface area contributed by atoms with E-state index in [1.807, 2.05) is 36.4 Å². The van der Waals surface area contributed by atoms with Crippen LogP contribution in [-0.4, -0.2) is 10.9 Å². The van der Waals surface area contributed by atoms with Gasteiger partial charge in [-0.1, -0.05) is 71.7 Å². The first-order valence-electron chi connectivity index (χ1n) is 8.94. The quantitative estimate of drug-likeness (QED) is 0.346. The number of halogens is 2. The van der Waals surface area contributed by atoms with Gasteiger partial charge < -0.3 is 0 Å². The Labute approximate surface area is 182 Å². The first kappa shape index (κ1) is 19.6. The van der Waals surface area contributed by atoms with Gasteiger partial charge in [0.25, 0.3) is 0 Å². The molecule has 4 rings (SSSR count). The maximum absolute atomic E-state index is 12.2. The highest BCUT2D eigenvalue weighted by atomic mass is 35.5. The van der Waals surface area contributed by atoms with Gasteiger partial charge in [-0.3, -0.25) is 10.1 Å². The van der Waals surface area contributed by atoms with Gasteiger partial charge in [0.15, 0.2) is 5.13 Å². The van der Waals surface area contributed by atoms with Gasteiger partial charge in [-0.05, 0) is 40.1 Å². The first-order valence-corrected chi connectivity index (χ1v) is 10.5. The molecule has 0 aliphatic heterocycles. The number of aromatic nitrogens is 1. The molecule has 29 heavy (non-hydrogen) atoms. The van der Waals surface area contributed by atoms with Gasteiger partial charge in [0.1, 0.15) is 0 Å². The summed E-state index contributed by atoms with van der Waals surface area (Å²) in [5.74, 6) is -0.222. The molecule has 0 saturated heterocycles. The molecule has 0 atom stereocenters. The molecule has 0 saturated carbocycles. The van der Waals surface area contributed by atoms with Crippen molar-refractivity contribution in [2.45, 2.75) is 6.42 Å². The van der Waals surface area contributed by atoms with E-state index >= 15 is 0 Å². The molecule has 144 valence electrons. The van der Waals surface area contributed by atoms with Crippen LogP contribution in [0.4, 0.5) is 5.13 Å². The van der Waals surface area contributed by atoms with Crippen LogP contribution in [0.3, 0.4) is 0 Å². The summed E-state index contributed by atoms with van der Waals surface area (Å²) in [6, 6.07) is 19.8. The van der Waals surface area contributed by atoms with Crippen LogP contribution in [-0.2, 0) is 11.2 Å². The largest absolute Gasteiger partial charge is 0.298 e. The summed E-state index contributed by atoms with van der Waals surface area (Å²) < 4.78 is 0. The average Bonchev–Trinajstić information content (AvgIpc) is 3.16. The Balaban J connectivity index is 1.40. The number of rotatable bonds is 5. The molecule has 0 bridgehead atoms. The van der Waals surface area contributed by atoms with Gasteiger partial charge in [0, 0.05) is 23.6 Å². The topological polar surface area (TPSA) is 42.0 Å². The van der Waals surface area contributed by atoms with E-state index in [9.17, 15) is 4.79 Å². The molecular formula is C23H16Cl2N2OS. The summed E-state index contributed by atoms with van der Waals surface area (Å²) in [4.78, 5) is 17.5. The molecule has 0 fully saturated rings. The molecule has 4 aromatic rings. The van der Waals surface area contributed by atoms with E-state index in [4.69, 9.17) is 23.2 Å². The van der Waals surface area contributed by atoms with E-state index in [0.29, 0.717) is 21.6 Å². The number of carbonyl (C=O) groups excluding carboxylic acids is 1. The lowest BCUT2D eigenvalue weighted by atomic mass is 10.1. The predicted octanol–water partition coefficient (Wildman–Crippen LogP) is 6.85. The summed E-state index contributed by atoms with van der Waals surface area (Å²) in [6.45, 7) is 0. The lowest BCUT2D eigenvalue weighted by Gasteiger charge is -2.03. The Kier molecular flexibility index (Phi) is 5.95. The van der Waals surface area contributed by atoms with E-state index in [1.165, 1.54) is 22.8 Å². The van der Waals surface area contributed by atoms with Crippen LogP contribution >= 0.6 is 34.5 Å². The molecule has 1 amide bonds. The van der Waals surface area contributed by atoms with Crippen LogP contribution in [0.1, 0.15) is 16.0 Å². The summed E-state index contributed by atoms with van der Waals surface area (Å²) in [6.07, 6.45) is 5.66. The maximum Gasteiger partial charge on any atom is 0.250 e. The number of hydrogen-bond acceptors (Lipinski definition) is 3. The zero-order valence-electron chi connectivity index (χ0n) is 15.2. The molecule has 1 aromatic heterocycles. The van der Waals surface area contributed by atoms with Crippen molar-refractivity contribution < 1.29 is 4.79 Å². The zero-order valence-corrected chi connectivity index (χ0v) is 17.6. The second-order valence-electron chi connectivity index (χ2n) is 6.45. The monoisotopic (exact) mass is 438 g/mol. The zero-order chi connectivity index (χ0) is 20.2. The van der Waals surface area contributed by atoms with Crippen molar-refractivity contribution in [3.05, 3.63) is 99.0 Å². The predicted molar refractivity (Wildman–Crippen MR) is 123 cm³/mol. The summed E-state index contributed by atoms with van der Waals surface area (Å²) in [5.41, 5.74) is 1.89. The smallest absolute Gasteiger partial charge is 0.250 e. The van der Waals surface area contributed by atoms with Crippen LogP contribution in [0.2, 0.25) is 10.0 Å². The highest BCUT2D eigenvalue weighted by Gasteiger charge is 2.09. The molecule has 0 aliphatic rings. The third kappa shape index (κ3) is 4.85. The van der Waals surface area contributed by atoms with Crippen LogP contribution in [0.15, 0.2) is 72.9 Å². The maximum atomic E-state index is 12.2. The Bertz CT molecular complexity index is 1220. The highest BCUT2D eigenvalue weighted by Crippen LogP contribution is 2.29. The number of benzene rings is 3. The Morgan fingerprint density at radius 1 is 1.03 bits per heavy atom. The molecule has 3 aromatic carbocycles. The Morgan fingerprint density at radius 2 is 1.86 bits per heavy atom. The fraction of sp³-hybridized carbons (Fsp3) is 0.0435. The molecule has 1 heterocycles. The van der Waals surface area contributed by atoms with Gasteiger partial charge >= 0.3 is 0 Å². The van der Waals surface area contributed by atoms with E-state index < -0.39 is 0 Å². The molecule has 6 heteroatoms. The van der Waals surface area contributed by atoms with Crippen LogP contribution < -0.4 is 5.32 Å². The van der Waals surface area contributed by atoms with Gasteiger partial charge in [-0.2, -0.15) is 0 Å². The third-order valence-electron chi connectivity index (χ3n) is 4.38. The number of carbonyl (C=O) groups is 1.